The predicted molar refractivity (Wildman–Crippen MR) is 65.9 cm³/mol. The van der Waals surface area contributed by atoms with Crippen LogP contribution in [0.2, 0.25) is 0 Å². The van der Waals surface area contributed by atoms with Crippen LogP contribution in [0.3, 0.4) is 0 Å². The van der Waals surface area contributed by atoms with Crippen molar-refractivity contribution in [1.29, 1.82) is 0 Å². The first kappa shape index (κ1) is 11.4. The molecule has 1 heteroatoms. The third-order valence-corrected chi connectivity index (χ3v) is 4.58. The second-order valence-electron chi connectivity index (χ2n) is 5.98. The summed E-state index contributed by atoms with van der Waals surface area (Å²) < 4.78 is 0. The molecule has 2 rings (SSSR count). The molecule has 0 radical (unpaired) electrons. The summed E-state index contributed by atoms with van der Waals surface area (Å²) in [6, 6.07) is 0.845. The van der Waals surface area contributed by atoms with Gasteiger partial charge in [-0.1, -0.05) is 39.5 Å². The number of hydrogen-bond donors (Lipinski definition) is 1. The summed E-state index contributed by atoms with van der Waals surface area (Å²) in [6.45, 7) is 6.12. The average molecular weight is 209 g/mol. The highest BCUT2D eigenvalue weighted by atomic mass is 14.9. The Morgan fingerprint density at radius 3 is 2.33 bits per heavy atom. The van der Waals surface area contributed by atoms with Crippen LogP contribution in [0.5, 0.6) is 0 Å². The molecule has 0 aromatic carbocycles. The van der Waals surface area contributed by atoms with E-state index in [1.807, 2.05) is 0 Å². The van der Waals surface area contributed by atoms with Crippen LogP contribution in [0.25, 0.3) is 0 Å². The van der Waals surface area contributed by atoms with Crippen molar-refractivity contribution in [3.8, 4) is 0 Å². The second kappa shape index (κ2) is 5.34. The Bertz CT molecular complexity index is 176. The molecule has 1 saturated carbocycles. The summed E-state index contributed by atoms with van der Waals surface area (Å²) in [6.07, 6.45) is 10.3. The van der Waals surface area contributed by atoms with Crippen LogP contribution >= 0.6 is 0 Å². The molecule has 2 fully saturated rings. The molecule has 15 heavy (non-hydrogen) atoms. The lowest BCUT2D eigenvalue weighted by atomic mass is 9.78. The van der Waals surface area contributed by atoms with Crippen molar-refractivity contribution in [2.24, 2.45) is 17.8 Å². The number of hydrogen-bond acceptors (Lipinski definition) is 1. The van der Waals surface area contributed by atoms with Gasteiger partial charge in [-0.05, 0) is 43.6 Å². The lowest BCUT2D eigenvalue weighted by Crippen LogP contribution is -2.29. The van der Waals surface area contributed by atoms with Crippen LogP contribution in [0.1, 0.15) is 58.8 Å². The zero-order valence-electron chi connectivity index (χ0n) is 10.5. The molecule has 0 aromatic rings. The van der Waals surface area contributed by atoms with E-state index in [2.05, 4.69) is 19.2 Å². The Hall–Kier alpha value is -0.0400. The normalized spacial score (nSPS) is 30.2. The zero-order valence-corrected chi connectivity index (χ0v) is 10.5. The van der Waals surface area contributed by atoms with E-state index >= 15 is 0 Å². The summed E-state index contributed by atoms with van der Waals surface area (Å²) >= 11 is 0. The molecule has 1 N–H and O–H groups in total. The van der Waals surface area contributed by atoms with Crippen LogP contribution < -0.4 is 5.32 Å². The summed E-state index contributed by atoms with van der Waals surface area (Å²) in [5.41, 5.74) is 0. The molecule has 1 saturated heterocycles. The van der Waals surface area contributed by atoms with Gasteiger partial charge in [0.15, 0.2) is 0 Å². The Kier molecular flexibility index (Phi) is 4.07. The fourth-order valence-corrected chi connectivity index (χ4v) is 3.68. The van der Waals surface area contributed by atoms with Gasteiger partial charge >= 0.3 is 0 Å². The topological polar surface area (TPSA) is 12.0 Å². The van der Waals surface area contributed by atoms with Crippen LogP contribution in [0.15, 0.2) is 0 Å². The summed E-state index contributed by atoms with van der Waals surface area (Å²) in [7, 11) is 0. The molecule has 0 spiro atoms. The van der Waals surface area contributed by atoms with Crippen LogP contribution in [-0.2, 0) is 0 Å². The van der Waals surface area contributed by atoms with Gasteiger partial charge < -0.3 is 5.32 Å². The lowest BCUT2D eigenvalue weighted by Gasteiger charge is -2.29. The van der Waals surface area contributed by atoms with Crippen molar-refractivity contribution in [2.45, 2.75) is 64.8 Å². The minimum Gasteiger partial charge on any atom is -0.314 e. The van der Waals surface area contributed by atoms with Crippen molar-refractivity contribution >= 4 is 0 Å². The van der Waals surface area contributed by atoms with Gasteiger partial charge in [-0.25, -0.2) is 0 Å². The van der Waals surface area contributed by atoms with Gasteiger partial charge in [-0.3, -0.25) is 0 Å². The molecule has 1 aliphatic heterocycles. The highest BCUT2D eigenvalue weighted by Gasteiger charge is 2.30. The van der Waals surface area contributed by atoms with Crippen molar-refractivity contribution in [3.05, 3.63) is 0 Å². The highest BCUT2D eigenvalue weighted by Crippen LogP contribution is 2.38. The van der Waals surface area contributed by atoms with Gasteiger partial charge in [0.25, 0.3) is 0 Å². The zero-order chi connectivity index (χ0) is 10.7. The summed E-state index contributed by atoms with van der Waals surface area (Å²) in [5, 5.41) is 3.67. The molecule has 1 heterocycles. The number of rotatable bonds is 4. The fourth-order valence-electron chi connectivity index (χ4n) is 3.68. The molecule has 1 nitrogen and oxygen atoms in total. The van der Waals surface area contributed by atoms with Gasteiger partial charge in [-0.2, -0.15) is 0 Å². The minimum absolute atomic E-state index is 0.845. The maximum atomic E-state index is 3.67. The van der Waals surface area contributed by atoms with E-state index in [1.165, 1.54) is 51.5 Å². The SMILES string of the molecule is CC(C)C(CC1CCCN1)C1CCCC1. The molecule has 0 bridgehead atoms. The molecule has 2 atom stereocenters. The Morgan fingerprint density at radius 1 is 1.07 bits per heavy atom. The maximum absolute atomic E-state index is 3.67. The predicted octanol–water partition coefficient (Wildman–Crippen LogP) is 3.59. The standard InChI is InChI=1S/C14H27N/c1-11(2)14(12-6-3-4-7-12)10-13-8-5-9-15-13/h11-15H,3-10H2,1-2H3. The lowest BCUT2D eigenvalue weighted by molar-refractivity contribution is 0.220. The van der Waals surface area contributed by atoms with Gasteiger partial charge in [0.2, 0.25) is 0 Å². The van der Waals surface area contributed by atoms with Gasteiger partial charge in [0, 0.05) is 6.04 Å². The first-order valence-electron chi connectivity index (χ1n) is 7.00. The largest absolute Gasteiger partial charge is 0.314 e. The Morgan fingerprint density at radius 2 is 1.80 bits per heavy atom. The summed E-state index contributed by atoms with van der Waals surface area (Å²) in [4.78, 5) is 0. The van der Waals surface area contributed by atoms with Gasteiger partial charge in [0.05, 0.1) is 0 Å². The highest BCUT2D eigenvalue weighted by molar-refractivity contribution is 4.84. The summed E-state index contributed by atoms with van der Waals surface area (Å²) in [5.74, 6) is 2.92. The van der Waals surface area contributed by atoms with Crippen molar-refractivity contribution in [3.63, 3.8) is 0 Å². The quantitative estimate of drug-likeness (QED) is 0.746. The monoisotopic (exact) mass is 209 g/mol. The third-order valence-electron chi connectivity index (χ3n) is 4.58. The van der Waals surface area contributed by atoms with E-state index in [4.69, 9.17) is 0 Å². The van der Waals surface area contributed by atoms with Crippen LogP contribution in [-0.4, -0.2) is 12.6 Å². The van der Waals surface area contributed by atoms with E-state index in [1.54, 1.807) is 0 Å². The number of nitrogens with one attached hydrogen (secondary N) is 1. The fraction of sp³-hybridized carbons (Fsp3) is 1.00. The smallest absolute Gasteiger partial charge is 0.00703 e. The molecule has 2 aliphatic rings. The Labute approximate surface area is 95.0 Å². The second-order valence-corrected chi connectivity index (χ2v) is 5.98. The van der Waals surface area contributed by atoms with Crippen molar-refractivity contribution in [1.82, 2.24) is 5.32 Å². The first-order chi connectivity index (χ1) is 7.27. The van der Waals surface area contributed by atoms with E-state index in [-0.39, 0.29) is 0 Å². The minimum atomic E-state index is 0.845. The van der Waals surface area contributed by atoms with Gasteiger partial charge in [0.1, 0.15) is 0 Å². The van der Waals surface area contributed by atoms with E-state index in [0.29, 0.717) is 0 Å². The van der Waals surface area contributed by atoms with E-state index in [9.17, 15) is 0 Å². The van der Waals surface area contributed by atoms with E-state index in [0.717, 1.165) is 23.8 Å². The molecular formula is C14H27N. The van der Waals surface area contributed by atoms with Crippen molar-refractivity contribution in [2.75, 3.05) is 6.54 Å². The molecule has 88 valence electrons. The van der Waals surface area contributed by atoms with E-state index < -0.39 is 0 Å². The van der Waals surface area contributed by atoms with Gasteiger partial charge in [-0.15, -0.1) is 0 Å². The molecule has 0 aromatic heterocycles. The average Bonchev–Trinajstić information content (AvgIpc) is 2.87. The molecule has 2 unspecified atom stereocenters. The molecular weight excluding hydrogens is 182 g/mol. The first-order valence-corrected chi connectivity index (χ1v) is 7.00. The molecule has 1 aliphatic carbocycles. The maximum Gasteiger partial charge on any atom is 0.00703 e. The van der Waals surface area contributed by atoms with Crippen LogP contribution in [0.4, 0.5) is 0 Å². The van der Waals surface area contributed by atoms with Crippen LogP contribution in [0, 0.1) is 17.8 Å². The Balaban J connectivity index is 1.87. The molecule has 0 amide bonds. The van der Waals surface area contributed by atoms with Crippen molar-refractivity contribution < 1.29 is 0 Å². The third kappa shape index (κ3) is 2.96.